The number of sulfonamides is 1. The number of carbonyl (C=O) groups excluding carboxylic acids is 2. The number of nitrogens with zero attached hydrogens (tertiary/aromatic N) is 3. The number of benzene rings is 2. The minimum absolute atomic E-state index is 0.101. The number of anilines is 1. The quantitative estimate of drug-likeness (QED) is 0.267. The monoisotopic (exact) mass is 640 g/mol. The molecule has 0 radical (unpaired) electrons. The summed E-state index contributed by atoms with van der Waals surface area (Å²) in [6.07, 6.45) is 1.92. The van der Waals surface area contributed by atoms with Crippen molar-refractivity contribution in [3.05, 3.63) is 64.5 Å². The van der Waals surface area contributed by atoms with E-state index in [1.165, 1.54) is 39.9 Å². The molecule has 2 amide bonds. The number of thiophene rings is 1. The van der Waals surface area contributed by atoms with Gasteiger partial charge in [0.1, 0.15) is 10.0 Å². The molecule has 13 heteroatoms. The zero-order chi connectivity index (χ0) is 30.1. The normalized spacial score (nSPS) is 16.9. The average molecular weight is 641 g/mol. The second-order valence-electron chi connectivity index (χ2n) is 10.5. The molecule has 6 rings (SSSR count). The Bertz CT molecular complexity index is 1730. The first-order valence-corrected chi connectivity index (χ1v) is 17.2. The molecule has 0 saturated carbocycles. The van der Waals surface area contributed by atoms with Gasteiger partial charge in [-0.25, -0.2) is 18.2 Å². The Morgan fingerprint density at radius 3 is 2.67 bits per heavy atom. The van der Waals surface area contributed by atoms with E-state index in [-0.39, 0.29) is 29.5 Å². The molecule has 2 aromatic carbocycles. The summed E-state index contributed by atoms with van der Waals surface area (Å²) >= 11 is 2.98. The number of hydrogen-bond acceptors (Lipinski definition) is 9. The average Bonchev–Trinajstić information content (AvgIpc) is 3.75. The van der Waals surface area contributed by atoms with Gasteiger partial charge in [-0.05, 0) is 68.1 Å². The van der Waals surface area contributed by atoms with Crippen molar-refractivity contribution in [2.24, 2.45) is 0 Å². The molecule has 2 aliphatic heterocycles. The first kappa shape index (κ1) is 29.7. The molecule has 43 heavy (non-hydrogen) atoms. The van der Waals surface area contributed by atoms with Crippen LogP contribution >= 0.6 is 22.7 Å². The summed E-state index contributed by atoms with van der Waals surface area (Å²) in [5, 5.41) is 4.51. The molecule has 0 spiro atoms. The summed E-state index contributed by atoms with van der Waals surface area (Å²) in [4.78, 5) is 33.6. The Labute approximate surface area is 258 Å². The van der Waals surface area contributed by atoms with Crippen molar-refractivity contribution in [3.63, 3.8) is 0 Å². The Morgan fingerprint density at radius 1 is 1.16 bits per heavy atom. The van der Waals surface area contributed by atoms with Gasteiger partial charge in [-0.1, -0.05) is 12.1 Å². The van der Waals surface area contributed by atoms with Gasteiger partial charge in [-0.2, -0.15) is 4.31 Å². The zero-order valence-corrected chi connectivity index (χ0v) is 26.3. The fourth-order valence-electron chi connectivity index (χ4n) is 5.37. The summed E-state index contributed by atoms with van der Waals surface area (Å²) in [7, 11) is -2.18. The smallest absolute Gasteiger partial charge is 0.410 e. The summed E-state index contributed by atoms with van der Waals surface area (Å²) in [5.41, 5.74) is 3.14. The van der Waals surface area contributed by atoms with Crippen molar-refractivity contribution < 1.29 is 27.5 Å². The van der Waals surface area contributed by atoms with Gasteiger partial charge in [-0.15, -0.1) is 22.7 Å². The molecule has 1 fully saturated rings. The third-order valence-electron chi connectivity index (χ3n) is 7.63. The standard InChI is InChI=1S/C30H32N4O6S3/c1-3-39-30(36)34-15-14-22-25(18-34)42-29(26(22)28-31-23-8-4-5-9-24(23)41-28)32-27(35)19-10-12-21(13-11-19)43(37,38)33(2)17-20-7-6-16-40-20/h4-5,8-13,20H,3,6-7,14-18H2,1-2H3,(H,32,35). The van der Waals surface area contributed by atoms with Crippen LogP contribution in [0.2, 0.25) is 0 Å². The maximum absolute atomic E-state index is 13.5. The van der Waals surface area contributed by atoms with E-state index in [1.54, 1.807) is 30.2 Å². The fourth-order valence-corrected chi connectivity index (χ4v) is 8.95. The Morgan fingerprint density at radius 2 is 1.95 bits per heavy atom. The number of fused-ring (bicyclic) bond motifs is 2. The van der Waals surface area contributed by atoms with Crippen LogP contribution in [0.3, 0.4) is 0 Å². The predicted octanol–water partition coefficient (Wildman–Crippen LogP) is 5.59. The summed E-state index contributed by atoms with van der Waals surface area (Å²) in [5.74, 6) is -0.361. The lowest BCUT2D eigenvalue weighted by Gasteiger charge is -2.26. The van der Waals surface area contributed by atoms with Crippen LogP contribution in [0.4, 0.5) is 9.80 Å². The molecule has 2 aliphatic rings. The van der Waals surface area contributed by atoms with E-state index in [0.29, 0.717) is 43.3 Å². The van der Waals surface area contributed by atoms with E-state index in [9.17, 15) is 18.0 Å². The molecule has 0 bridgehead atoms. The first-order valence-electron chi connectivity index (χ1n) is 14.2. The summed E-state index contributed by atoms with van der Waals surface area (Å²) in [6.45, 7) is 3.92. The van der Waals surface area contributed by atoms with E-state index in [4.69, 9.17) is 14.5 Å². The third-order valence-corrected chi connectivity index (χ3v) is 11.7. The van der Waals surface area contributed by atoms with Crippen molar-refractivity contribution in [1.29, 1.82) is 0 Å². The van der Waals surface area contributed by atoms with Crippen LogP contribution in [0.5, 0.6) is 0 Å². The van der Waals surface area contributed by atoms with E-state index >= 15 is 0 Å². The minimum atomic E-state index is -3.73. The Kier molecular flexibility index (Phi) is 8.51. The molecule has 1 N–H and O–H groups in total. The topological polar surface area (TPSA) is 118 Å². The van der Waals surface area contributed by atoms with Crippen molar-refractivity contribution in [2.75, 3.05) is 38.7 Å². The number of rotatable bonds is 8. The highest BCUT2D eigenvalue weighted by Gasteiger charge is 2.31. The second-order valence-corrected chi connectivity index (χ2v) is 14.6. The lowest BCUT2D eigenvalue weighted by molar-refractivity contribution is 0.0979. The molecule has 1 unspecified atom stereocenters. The van der Waals surface area contributed by atoms with Crippen LogP contribution in [-0.2, 0) is 32.5 Å². The Balaban J connectivity index is 1.26. The largest absolute Gasteiger partial charge is 0.450 e. The van der Waals surface area contributed by atoms with Crippen LogP contribution in [0.1, 0.15) is 40.6 Å². The van der Waals surface area contributed by atoms with Gasteiger partial charge in [0.15, 0.2) is 0 Å². The van der Waals surface area contributed by atoms with Gasteiger partial charge >= 0.3 is 6.09 Å². The second kappa shape index (κ2) is 12.3. The van der Waals surface area contributed by atoms with Gasteiger partial charge in [0, 0.05) is 42.7 Å². The fraction of sp³-hybridized carbons (Fsp3) is 0.367. The predicted molar refractivity (Wildman–Crippen MR) is 167 cm³/mol. The van der Waals surface area contributed by atoms with Crippen molar-refractivity contribution in [1.82, 2.24) is 14.2 Å². The molecule has 226 valence electrons. The van der Waals surface area contributed by atoms with Gasteiger partial charge < -0.3 is 19.7 Å². The molecule has 1 atom stereocenters. The van der Waals surface area contributed by atoms with E-state index in [2.05, 4.69) is 5.32 Å². The highest BCUT2D eigenvalue weighted by Crippen LogP contribution is 2.46. The van der Waals surface area contributed by atoms with Crippen molar-refractivity contribution in [3.8, 4) is 10.6 Å². The van der Waals surface area contributed by atoms with E-state index < -0.39 is 10.0 Å². The van der Waals surface area contributed by atoms with Crippen LogP contribution in [0, 0.1) is 0 Å². The molecular formula is C30H32N4O6S3. The number of thiazole rings is 1. The number of hydrogen-bond donors (Lipinski definition) is 1. The molecule has 2 aromatic heterocycles. The van der Waals surface area contributed by atoms with E-state index in [1.807, 2.05) is 24.3 Å². The maximum atomic E-state index is 13.5. The number of ether oxygens (including phenoxy) is 2. The Hall–Kier alpha value is -3.36. The van der Waals surface area contributed by atoms with Crippen LogP contribution < -0.4 is 5.32 Å². The number of para-hydroxylation sites is 1. The van der Waals surface area contributed by atoms with Crippen molar-refractivity contribution >= 4 is 59.9 Å². The number of amides is 2. The third kappa shape index (κ3) is 6.04. The summed E-state index contributed by atoms with van der Waals surface area (Å²) < 4.78 is 39.4. The first-order chi connectivity index (χ1) is 20.7. The molecule has 1 saturated heterocycles. The van der Waals surface area contributed by atoms with Gasteiger partial charge in [0.2, 0.25) is 10.0 Å². The highest BCUT2D eigenvalue weighted by atomic mass is 32.2. The lowest BCUT2D eigenvalue weighted by Crippen LogP contribution is -2.35. The maximum Gasteiger partial charge on any atom is 0.410 e. The molecule has 4 aromatic rings. The highest BCUT2D eigenvalue weighted by molar-refractivity contribution is 7.89. The number of likely N-dealkylation sites (N-methyl/N-ethyl adjacent to an activating group) is 1. The summed E-state index contributed by atoms with van der Waals surface area (Å²) in [6, 6.07) is 13.9. The van der Waals surface area contributed by atoms with Gasteiger partial charge in [-0.3, -0.25) is 4.79 Å². The molecule has 10 nitrogen and oxygen atoms in total. The van der Waals surface area contributed by atoms with Gasteiger partial charge in [0.05, 0.1) is 34.4 Å². The zero-order valence-electron chi connectivity index (χ0n) is 23.9. The lowest BCUT2D eigenvalue weighted by atomic mass is 10.0. The number of nitrogens with one attached hydrogen (secondary N) is 1. The molecular weight excluding hydrogens is 609 g/mol. The molecule has 4 heterocycles. The molecule has 0 aliphatic carbocycles. The van der Waals surface area contributed by atoms with E-state index in [0.717, 1.165) is 44.1 Å². The number of carbonyl (C=O) groups is 2. The van der Waals surface area contributed by atoms with Crippen molar-refractivity contribution in [2.45, 2.75) is 43.7 Å². The SMILES string of the molecule is CCOC(=O)N1CCc2c(sc(NC(=O)c3ccc(S(=O)(=O)N(C)CC4CCCO4)cc3)c2-c2nc3ccccc3s2)C1. The number of aromatic nitrogens is 1. The minimum Gasteiger partial charge on any atom is -0.450 e. The van der Waals surface area contributed by atoms with Crippen LogP contribution in [0.25, 0.3) is 20.8 Å². The van der Waals surface area contributed by atoms with Gasteiger partial charge in [0.25, 0.3) is 5.91 Å². The van der Waals surface area contributed by atoms with Crippen LogP contribution in [0.15, 0.2) is 53.4 Å². The van der Waals surface area contributed by atoms with Crippen LogP contribution in [-0.4, -0.2) is 74.1 Å².